The number of hydrogen-bond donors (Lipinski definition) is 0. The average Bonchev–Trinajstić information content (AvgIpc) is 3.24. The van der Waals surface area contributed by atoms with Gasteiger partial charge in [-0.1, -0.05) is 24.3 Å². The number of rotatable bonds is 5. The van der Waals surface area contributed by atoms with Gasteiger partial charge >= 0.3 is 12.1 Å². The maximum atomic E-state index is 14.5. The molecule has 178 valence electrons. The minimum absolute atomic E-state index is 0.213. The number of nitrogens with zero attached hydrogens (tertiary/aromatic N) is 2. The molecule has 1 heterocycles. The Morgan fingerprint density at radius 1 is 0.824 bits per heavy atom. The molecule has 0 fully saturated rings. The smallest absolute Gasteiger partial charge is 0.265 e. The van der Waals surface area contributed by atoms with Gasteiger partial charge in [0.25, 0.3) is 0 Å². The van der Waals surface area contributed by atoms with Crippen LogP contribution >= 0.6 is 11.8 Å². The maximum Gasteiger partial charge on any atom is 0.455 e. The van der Waals surface area contributed by atoms with Crippen LogP contribution < -0.4 is 10.0 Å². The molecular formula is C24H17F7N2S. The van der Waals surface area contributed by atoms with Gasteiger partial charge in [0.05, 0.1) is 11.4 Å². The molecule has 0 saturated heterocycles. The Bertz CT molecular complexity index is 1210. The fourth-order valence-corrected chi connectivity index (χ4v) is 4.10. The van der Waals surface area contributed by atoms with Crippen molar-refractivity contribution in [1.29, 1.82) is 0 Å². The van der Waals surface area contributed by atoms with E-state index in [2.05, 4.69) is 0 Å². The van der Waals surface area contributed by atoms with Gasteiger partial charge in [0.2, 0.25) is 0 Å². The van der Waals surface area contributed by atoms with Crippen LogP contribution in [0.15, 0.2) is 83.9 Å². The lowest BCUT2D eigenvalue weighted by molar-refractivity contribution is -0.285. The fourth-order valence-electron chi connectivity index (χ4n) is 3.65. The summed E-state index contributed by atoms with van der Waals surface area (Å²) in [6, 6.07) is 13.5. The predicted molar refractivity (Wildman–Crippen MR) is 119 cm³/mol. The third kappa shape index (κ3) is 4.34. The highest BCUT2D eigenvalue weighted by molar-refractivity contribution is 7.98. The van der Waals surface area contributed by atoms with E-state index in [-0.39, 0.29) is 5.69 Å². The highest BCUT2D eigenvalue weighted by atomic mass is 32.2. The van der Waals surface area contributed by atoms with Crippen molar-refractivity contribution in [3.8, 4) is 11.1 Å². The summed E-state index contributed by atoms with van der Waals surface area (Å²) in [4.78, 5) is 1.03. The van der Waals surface area contributed by atoms with Crippen molar-refractivity contribution in [3.63, 3.8) is 0 Å². The van der Waals surface area contributed by atoms with E-state index in [0.717, 1.165) is 39.4 Å². The van der Waals surface area contributed by atoms with Gasteiger partial charge in [-0.2, -0.15) is 22.0 Å². The quantitative estimate of drug-likeness (QED) is 0.263. The molecule has 34 heavy (non-hydrogen) atoms. The minimum Gasteiger partial charge on any atom is -0.265 e. The van der Waals surface area contributed by atoms with Crippen LogP contribution in [0.5, 0.6) is 0 Å². The summed E-state index contributed by atoms with van der Waals surface area (Å²) < 4.78 is 96.3. The highest BCUT2D eigenvalue weighted by Crippen LogP contribution is 2.45. The lowest BCUT2D eigenvalue weighted by atomic mass is 10.1. The maximum absolute atomic E-state index is 14.5. The molecule has 1 atom stereocenters. The number of hydrogen-bond acceptors (Lipinski definition) is 3. The van der Waals surface area contributed by atoms with Crippen LogP contribution in [-0.2, 0) is 0 Å². The second-order valence-electron chi connectivity index (χ2n) is 7.47. The van der Waals surface area contributed by atoms with Crippen molar-refractivity contribution in [1.82, 2.24) is 0 Å². The van der Waals surface area contributed by atoms with Crippen LogP contribution in [0.1, 0.15) is 0 Å². The first-order chi connectivity index (χ1) is 16.0. The molecule has 0 spiro atoms. The summed E-state index contributed by atoms with van der Waals surface area (Å²) >= 11 is 1.56. The Morgan fingerprint density at radius 2 is 1.53 bits per heavy atom. The number of hydrazine groups is 1. The zero-order valence-corrected chi connectivity index (χ0v) is 18.3. The van der Waals surface area contributed by atoms with Gasteiger partial charge in [0.15, 0.2) is 5.82 Å². The van der Waals surface area contributed by atoms with E-state index in [1.807, 2.05) is 30.5 Å². The van der Waals surface area contributed by atoms with E-state index in [1.54, 1.807) is 23.9 Å². The van der Waals surface area contributed by atoms with Crippen molar-refractivity contribution in [2.24, 2.45) is 0 Å². The molecule has 0 aromatic heterocycles. The molecular weight excluding hydrogens is 481 g/mol. The lowest BCUT2D eigenvalue weighted by Crippen LogP contribution is -2.56. The Balaban J connectivity index is 1.74. The molecule has 10 heteroatoms. The zero-order valence-electron chi connectivity index (χ0n) is 17.5. The molecule has 3 aromatic carbocycles. The Labute approximate surface area is 195 Å². The normalized spacial score (nSPS) is 16.4. The Hall–Kier alpha value is -3.14. The van der Waals surface area contributed by atoms with Crippen LogP contribution in [0.2, 0.25) is 0 Å². The summed E-state index contributed by atoms with van der Waals surface area (Å²) in [5, 5.41) is 1.47. The van der Waals surface area contributed by atoms with Gasteiger partial charge < -0.3 is 0 Å². The van der Waals surface area contributed by atoms with E-state index in [4.69, 9.17) is 0 Å². The molecule has 0 N–H and O–H groups in total. The molecule has 0 amide bonds. The summed E-state index contributed by atoms with van der Waals surface area (Å²) in [7, 11) is 0. The summed E-state index contributed by atoms with van der Waals surface area (Å²) in [5.74, 6) is -7.48. The van der Waals surface area contributed by atoms with Crippen molar-refractivity contribution in [2.75, 3.05) is 16.3 Å². The van der Waals surface area contributed by atoms with E-state index in [9.17, 15) is 30.7 Å². The molecule has 0 radical (unpaired) electrons. The second-order valence-corrected chi connectivity index (χ2v) is 8.35. The minimum atomic E-state index is -5.89. The first kappa shape index (κ1) is 24.0. The van der Waals surface area contributed by atoms with Gasteiger partial charge in [-0.05, 0) is 59.9 Å². The van der Waals surface area contributed by atoms with Gasteiger partial charge in [-0.25, -0.2) is 8.78 Å². The van der Waals surface area contributed by atoms with Crippen LogP contribution in [0.3, 0.4) is 0 Å². The number of benzene rings is 3. The summed E-state index contributed by atoms with van der Waals surface area (Å²) in [6.45, 7) is 0. The highest BCUT2D eigenvalue weighted by Gasteiger charge is 2.65. The number of alkyl halides is 5. The molecule has 0 bridgehead atoms. The lowest BCUT2D eigenvalue weighted by Gasteiger charge is -2.39. The summed E-state index contributed by atoms with van der Waals surface area (Å²) in [6.07, 6.45) is -2.31. The third-order valence-corrected chi connectivity index (χ3v) is 6.07. The first-order valence-electron chi connectivity index (χ1n) is 9.93. The van der Waals surface area contributed by atoms with E-state index >= 15 is 0 Å². The largest absolute Gasteiger partial charge is 0.455 e. The monoisotopic (exact) mass is 498 g/mol. The average molecular weight is 498 g/mol. The molecule has 2 nitrogen and oxygen atoms in total. The molecule has 1 aliphatic heterocycles. The van der Waals surface area contributed by atoms with Gasteiger partial charge in [-0.3, -0.25) is 10.0 Å². The topological polar surface area (TPSA) is 6.48 Å². The molecule has 0 aliphatic carbocycles. The first-order valence-corrected chi connectivity index (χ1v) is 11.2. The molecule has 3 aromatic rings. The predicted octanol–water partition coefficient (Wildman–Crippen LogP) is 7.68. The number of anilines is 2. The van der Waals surface area contributed by atoms with E-state index in [0.29, 0.717) is 17.2 Å². The molecule has 1 aliphatic rings. The molecule has 0 saturated carbocycles. The third-order valence-electron chi connectivity index (χ3n) is 5.35. The van der Waals surface area contributed by atoms with Crippen molar-refractivity contribution >= 4 is 23.1 Å². The molecule has 4 rings (SSSR count). The van der Waals surface area contributed by atoms with Crippen LogP contribution in [0, 0.1) is 11.6 Å². The molecule has 1 unspecified atom stereocenters. The van der Waals surface area contributed by atoms with E-state index < -0.39 is 35.5 Å². The number of halogens is 7. The van der Waals surface area contributed by atoms with E-state index in [1.165, 1.54) is 12.1 Å². The van der Waals surface area contributed by atoms with Crippen molar-refractivity contribution in [2.45, 2.75) is 23.0 Å². The zero-order chi connectivity index (χ0) is 24.7. The SMILES string of the molecule is CSc1cccc(-c2ccc(N3C=CC(C(F)(F)C(F)(F)F)N3c3ccc(F)cc3F)cc2)c1. The Kier molecular flexibility index (Phi) is 6.28. The second kappa shape index (κ2) is 8.90. The van der Waals surface area contributed by atoms with Crippen LogP contribution in [0.4, 0.5) is 42.1 Å². The van der Waals surface area contributed by atoms with Crippen LogP contribution in [-0.4, -0.2) is 24.4 Å². The fraction of sp³-hybridized carbons (Fsp3) is 0.167. The van der Waals surface area contributed by atoms with Crippen molar-refractivity contribution < 1.29 is 30.7 Å². The summed E-state index contributed by atoms with van der Waals surface area (Å²) in [5.41, 5.74) is 1.26. The number of thioether (sulfide) groups is 1. The standard InChI is InChI=1S/C24H17F7N2S/c1-34-19-4-2-3-16(13-19)15-5-8-18(9-6-15)32-12-11-22(23(27,28)24(29,30)31)33(32)21-10-7-17(25)14-20(21)26/h2-14,22H,1H3. The van der Waals surface area contributed by atoms with Crippen molar-refractivity contribution in [3.05, 3.63) is 90.6 Å². The van der Waals surface area contributed by atoms with Crippen LogP contribution in [0.25, 0.3) is 11.1 Å². The Morgan fingerprint density at radius 3 is 2.15 bits per heavy atom. The van der Waals surface area contributed by atoms with Gasteiger partial charge in [0, 0.05) is 17.2 Å². The van der Waals surface area contributed by atoms with Gasteiger partial charge in [0.1, 0.15) is 11.9 Å². The van der Waals surface area contributed by atoms with Gasteiger partial charge in [-0.15, -0.1) is 11.8 Å².